The maximum absolute atomic E-state index is 13.7. The van der Waals surface area contributed by atoms with Crippen molar-refractivity contribution in [3.05, 3.63) is 30.3 Å². The third-order valence-electron chi connectivity index (χ3n) is 3.68. The van der Waals surface area contributed by atoms with E-state index >= 15 is 0 Å². The number of hydrogen-bond donors (Lipinski definition) is 2. The third kappa shape index (κ3) is 7.31. The lowest BCUT2D eigenvalue weighted by molar-refractivity contribution is 0.290. The number of hydrogen-bond acceptors (Lipinski definition) is 5. The van der Waals surface area contributed by atoms with Crippen LogP contribution >= 0.6 is 7.60 Å². The van der Waals surface area contributed by atoms with Crippen LogP contribution in [0.5, 0.6) is 0 Å². The zero-order valence-electron chi connectivity index (χ0n) is 15.2. The van der Waals surface area contributed by atoms with Crippen LogP contribution < -0.4 is 5.30 Å². The van der Waals surface area contributed by atoms with Gasteiger partial charge in [0.1, 0.15) is 0 Å². The van der Waals surface area contributed by atoms with Crippen LogP contribution in [0.2, 0.25) is 38.3 Å². The Hall–Kier alpha value is -0.276. The highest BCUT2D eigenvalue weighted by molar-refractivity contribution is 7.65. The zero-order valence-corrected chi connectivity index (χ0v) is 18.1. The highest BCUT2D eigenvalue weighted by Gasteiger charge is 2.41. The predicted octanol–water partition coefficient (Wildman–Crippen LogP) is 3.71. The van der Waals surface area contributed by atoms with Crippen LogP contribution in [0.3, 0.4) is 0 Å². The number of aliphatic hydroxyl groups is 2. The highest BCUT2D eigenvalue weighted by Crippen LogP contribution is 2.53. The van der Waals surface area contributed by atoms with Crippen molar-refractivity contribution in [3.63, 3.8) is 0 Å². The Morgan fingerprint density at radius 2 is 1.29 bits per heavy atom. The van der Waals surface area contributed by atoms with E-state index in [0.29, 0.717) is 18.1 Å². The molecular formula is C16H31O5PSi2. The van der Waals surface area contributed by atoms with Crippen LogP contribution in [-0.2, 0) is 13.0 Å². The molecule has 138 valence electrons. The molecule has 1 aromatic rings. The van der Waals surface area contributed by atoms with Gasteiger partial charge in [0.15, 0.2) is 16.6 Å². The molecule has 0 amide bonds. The summed E-state index contributed by atoms with van der Waals surface area (Å²) in [6.45, 7) is 8.22. The summed E-state index contributed by atoms with van der Waals surface area (Å²) in [6.07, 6.45) is 1.28. The largest absolute Gasteiger partial charge is 0.396 e. The van der Waals surface area contributed by atoms with Crippen molar-refractivity contribution in [3.8, 4) is 0 Å². The molecule has 0 radical (unpaired) electrons. The van der Waals surface area contributed by atoms with Crippen LogP contribution in [0.4, 0.5) is 0 Å². The minimum absolute atomic E-state index is 0.104. The number of aliphatic hydroxyl groups excluding tert-OH is 2. The van der Waals surface area contributed by atoms with Crippen molar-refractivity contribution in [2.45, 2.75) is 51.1 Å². The molecule has 0 atom stereocenters. The molecule has 5 nitrogen and oxygen atoms in total. The Morgan fingerprint density at radius 3 is 1.67 bits per heavy atom. The van der Waals surface area contributed by atoms with E-state index in [9.17, 15) is 4.57 Å². The molecular weight excluding hydrogens is 359 g/mol. The van der Waals surface area contributed by atoms with E-state index in [4.69, 9.17) is 18.6 Å². The molecule has 0 aliphatic rings. The Kier molecular flexibility index (Phi) is 8.55. The molecule has 2 N–H and O–H groups in total. The lowest BCUT2D eigenvalue weighted by atomic mass is 10.4. The van der Waals surface area contributed by atoms with Gasteiger partial charge in [-0.25, -0.2) is 0 Å². The van der Waals surface area contributed by atoms with E-state index in [-0.39, 0.29) is 13.2 Å². The minimum Gasteiger partial charge on any atom is -0.396 e. The normalized spacial score (nSPS) is 13.2. The van der Waals surface area contributed by atoms with Crippen LogP contribution in [0.25, 0.3) is 0 Å². The van der Waals surface area contributed by atoms with Gasteiger partial charge in [-0.05, 0) is 63.3 Å². The zero-order chi connectivity index (χ0) is 18.3. The summed E-state index contributed by atoms with van der Waals surface area (Å²) >= 11 is 0. The third-order valence-corrected chi connectivity index (χ3v) is 13.6. The molecule has 0 fully saturated rings. The van der Waals surface area contributed by atoms with E-state index < -0.39 is 24.2 Å². The molecule has 0 aromatic heterocycles. The van der Waals surface area contributed by atoms with Crippen molar-refractivity contribution in [2.24, 2.45) is 0 Å². The fraction of sp³-hybridized carbons (Fsp3) is 0.625. The van der Waals surface area contributed by atoms with Crippen LogP contribution in [0.1, 0.15) is 12.8 Å². The highest BCUT2D eigenvalue weighted by atomic mass is 31.2. The maximum atomic E-state index is 13.7. The monoisotopic (exact) mass is 390 g/mol. The summed E-state index contributed by atoms with van der Waals surface area (Å²) in [5, 5.41) is 18.7. The molecule has 1 aromatic carbocycles. The van der Waals surface area contributed by atoms with Gasteiger partial charge in [0.25, 0.3) is 0 Å². The summed E-state index contributed by atoms with van der Waals surface area (Å²) < 4.78 is 26.0. The lowest BCUT2D eigenvalue weighted by Crippen LogP contribution is -2.36. The minimum atomic E-state index is -3.43. The topological polar surface area (TPSA) is 76.0 Å². The summed E-state index contributed by atoms with van der Waals surface area (Å²) in [5.41, 5.74) is 0. The van der Waals surface area contributed by atoms with Crippen molar-refractivity contribution in [2.75, 3.05) is 13.2 Å². The van der Waals surface area contributed by atoms with E-state index in [1.54, 1.807) is 12.1 Å². The average Bonchev–Trinajstić information content (AvgIpc) is 2.51. The predicted molar refractivity (Wildman–Crippen MR) is 104 cm³/mol. The fourth-order valence-corrected chi connectivity index (χ4v) is 12.3. The van der Waals surface area contributed by atoms with Gasteiger partial charge in [-0.1, -0.05) is 18.2 Å². The Bertz CT molecular complexity index is 511. The Labute approximate surface area is 147 Å². The summed E-state index contributed by atoms with van der Waals surface area (Å²) in [5.74, 6) is 0. The van der Waals surface area contributed by atoms with Crippen LogP contribution in [0.15, 0.2) is 30.3 Å². The van der Waals surface area contributed by atoms with Crippen LogP contribution in [0, 0.1) is 0 Å². The quantitative estimate of drug-likeness (QED) is 0.445. The molecule has 0 unspecified atom stereocenters. The molecule has 8 heteroatoms. The second-order valence-electron chi connectivity index (χ2n) is 7.19. The van der Waals surface area contributed by atoms with Crippen molar-refractivity contribution < 1.29 is 23.2 Å². The number of rotatable bonds is 11. The summed E-state index contributed by atoms with van der Waals surface area (Å²) in [7, 11) is -7.93. The van der Waals surface area contributed by atoms with E-state index in [1.165, 1.54) is 0 Å². The lowest BCUT2D eigenvalue weighted by Gasteiger charge is -2.34. The van der Waals surface area contributed by atoms with Gasteiger partial charge in [-0.15, -0.1) is 0 Å². The van der Waals surface area contributed by atoms with Crippen molar-refractivity contribution in [1.29, 1.82) is 0 Å². The second kappa shape index (κ2) is 9.43. The first-order valence-electron chi connectivity index (χ1n) is 8.43. The van der Waals surface area contributed by atoms with E-state index in [0.717, 1.165) is 12.1 Å². The summed E-state index contributed by atoms with van der Waals surface area (Å²) in [4.78, 5) is 0. The fourth-order valence-electron chi connectivity index (χ4n) is 2.49. The molecule has 0 aliphatic heterocycles. The smallest absolute Gasteiger partial charge is 0.342 e. The molecule has 0 spiro atoms. The van der Waals surface area contributed by atoms with Gasteiger partial charge < -0.3 is 18.6 Å². The molecule has 0 saturated heterocycles. The van der Waals surface area contributed by atoms with Crippen molar-refractivity contribution in [1.82, 2.24) is 0 Å². The first kappa shape index (κ1) is 21.8. The van der Waals surface area contributed by atoms with Crippen molar-refractivity contribution >= 4 is 29.5 Å². The Morgan fingerprint density at radius 1 is 0.875 bits per heavy atom. The molecule has 0 saturated carbocycles. The van der Waals surface area contributed by atoms with Gasteiger partial charge in [0, 0.05) is 13.2 Å². The van der Waals surface area contributed by atoms with E-state index in [2.05, 4.69) is 0 Å². The Balaban J connectivity index is 3.07. The average molecular weight is 391 g/mol. The van der Waals surface area contributed by atoms with Crippen LogP contribution in [-0.4, -0.2) is 40.1 Å². The number of benzene rings is 1. The van der Waals surface area contributed by atoms with Gasteiger partial charge >= 0.3 is 7.60 Å². The standard InChI is InChI=1S/C16H31O5PSi2/c1-23(2,14-8-12-17)20-22(19,16-10-6-5-7-11-16)21-24(3,4)15-9-13-18/h5-7,10-11,17-18H,8-9,12-15H2,1-4H3. The molecule has 0 aliphatic carbocycles. The SMILES string of the molecule is C[Si](C)(CCCO)OP(=O)(O[Si](C)(C)CCCO)c1ccccc1. The maximum Gasteiger partial charge on any atom is 0.342 e. The van der Waals surface area contributed by atoms with Gasteiger partial charge in [-0.2, -0.15) is 0 Å². The molecule has 0 bridgehead atoms. The first-order valence-corrected chi connectivity index (χ1v) is 16.2. The van der Waals surface area contributed by atoms with Gasteiger partial charge in [0.05, 0.1) is 5.30 Å². The van der Waals surface area contributed by atoms with E-state index in [1.807, 2.05) is 44.4 Å². The van der Waals surface area contributed by atoms with Gasteiger partial charge in [-0.3, -0.25) is 4.57 Å². The molecule has 0 heterocycles. The first-order chi connectivity index (χ1) is 11.1. The van der Waals surface area contributed by atoms with Gasteiger partial charge in [0.2, 0.25) is 0 Å². The molecule has 1 rings (SSSR count). The molecule has 24 heavy (non-hydrogen) atoms. The summed E-state index contributed by atoms with van der Waals surface area (Å²) in [6, 6.07) is 10.6. The second-order valence-corrected chi connectivity index (χ2v) is 18.2.